The highest BCUT2D eigenvalue weighted by atomic mass is 79.9. The standard InChI is InChI=1S/C14H11BrO/c15-9-5-6-12-10-3-1-2-4-11(10)14(8-16)13(12)7-9/h1-7,14,16H,8H2. The monoisotopic (exact) mass is 274 g/mol. The second-order valence-electron chi connectivity index (χ2n) is 4.05. The molecule has 2 heteroatoms. The number of hydrogen-bond acceptors (Lipinski definition) is 1. The van der Waals surface area contributed by atoms with Crippen LogP contribution in [0.1, 0.15) is 17.0 Å². The van der Waals surface area contributed by atoms with E-state index in [0.717, 1.165) is 4.47 Å². The number of benzene rings is 2. The van der Waals surface area contributed by atoms with Gasteiger partial charge in [-0.05, 0) is 34.4 Å². The highest BCUT2D eigenvalue weighted by molar-refractivity contribution is 9.10. The van der Waals surface area contributed by atoms with Gasteiger partial charge in [0.1, 0.15) is 0 Å². The first-order valence-corrected chi connectivity index (χ1v) is 6.10. The van der Waals surface area contributed by atoms with Gasteiger partial charge in [0.25, 0.3) is 0 Å². The Labute approximate surface area is 103 Å². The molecule has 1 unspecified atom stereocenters. The van der Waals surface area contributed by atoms with Crippen LogP contribution in [0.5, 0.6) is 0 Å². The van der Waals surface area contributed by atoms with Crippen LogP contribution in [0, 0.1) is 0 Å². The quantitative estimate of drug-likeness (QED) is 0.843. The van der Waals surface area contributed by atoms with E-state index < -0.39 is 0 Å². The third kappa shape index (κ3) is 1.34. The molecule has 0 aliphatic heterocycles. The average molecular weight is 275 g/mol. The molecule has 2 aromatic carbocycles. The van der Waals surface area contributed by atoms with Crippen molar-refractivity contribution in [2.45, 2.75) is 5.92 Å². The number of aliphatic hydroxyl groups excluding tert-OH is 1. The van der Waals surface area contributed by atoms with Gasteiger partial charge in [-0.1, -0.05) is 46.3 Å². The summed E-state index contributed by atoms with van der Waals surface area (Å²) in [6.07, 6.45) is 0. The molecule has 0 aromatic heterocycles. The van der Waals surface area contributed by atoms with Gasteiger partial charge in [-0.25, -0.2) is 0 Å². The van der Waals surface area contributed by atoms with Gasteiger partial charge in [0, 0.05) is 10.4 Å². The van der Waals surface area contributed by atoms with E-state index in [1.807, 2.05) is 12.1 Å². The van der Waals surface area contributed by atoms with Crippen LogP contribution in [0.15, 0.2) is 46.9 Å². The van der Waals surface area contributed by atoms with Crippen molar-refractivity contribution in [1.29, 1.82) is 0 Å². The predicted molar refractivity (Wildman–Crippen MR) is 68.5 cm³/mol. The van der Waals surface area contributed by atoms with E-state index in [0.29, 0.717) is 0 Å². The van der Waals surface area contributed by atoms with Gasteiger partial charge >= 0.3 is 0 Å². The summed E-state index contributed by atoms with van der Waals surface area (Å²) < 4.78 is 1.07. The van der Waals surface area contributed by atoms with E-state index in [4.69, 9.17) is 0 Å². The summed E-state index contributed by atoms with van der Waals surface area (Å²) in [6.45, 7) is 0.167. The molecule has 0 saturated heterocycles. The molecule has 0 saturated carbocycles. The predicted octanol–water partition coefficient (Wildman–Crippen LogP) is 3.55. The molecule has 1 aliphatic rings. The number of fused-ring (bicyclic) bond motifs is 3. The van der Waals surface area contributed by atoms with Crippen molar-refractivity contribution in [3.8, 4) is 11.1 Å². The smallest absolute Gasteiger partial charge is 0.0540 e. The summed E-state index contributed by atoms with van der Waals surface area (Å²) in [6, 6.07) is 14.6. The Morgan fingerprint density at radius 3 is 2.56 bits per heavy atom. The van der Waals surface area contributed by atoms with Crippen LogP contribution in [-0.4, -0.2) is 11.7 Å². The fraction of sp³-hybridized carbons (Fsp3) is 0.143. The number of hydrogen-bond donors (Lipinski definition) is 1. The summed E-state index contributed by atoms with van der Waals surface area (Å²) in [5.41, 5.74) is 4.96. The highest BCUT2D eigenvalue weighted by Crippen LogP contribution is 2.45. The fourth-order valence-corrected chi connectivity index (χ4v) is 2.86. The summed E-state index contributed by atoms with van der Waals surface area (Å²) >= 11 is 3.48. The van der Waals surface area contributed by atoms with Crippen molar-refractivity contribution in [3.63, 3.8) is 0 Å². The maximum atomic E-state index is 9.54. The van der Waals surface area contributed by atoms with Crippen molar-refractivity contribution >= 4 is 15.9 Å². The maximum Gasteiger partial charge on any atom is 0.0540 e. The van der Waals surface area contributed by atoms with Crippen LogP contribution >= 0.6 is 15.9 Å². The molecule has 0 spiro atoms. The van der Waals surface area contributed by atoms with Gasteiger partial charge < -0.3 is 5.11 Å². The second kappa shape index (κ2) is 3.72. The van der Waals surface area contributed by atoms with Crippen LogP contribution in [0.4, 0.5) is 0 Å². The van der Waals surface area contributed by atoms with Crippen molar-refractivity contribution in [2.75, 3.05) is 6.61 Å². The molecule has 1 nitrogen and oxygen atoms in total. The van der Waals surface area contributed by atoms with E-state index in [1.54, 1.807) is 0 Å². The van der Waals surface area contributed by atoms with Gasteiger partial charge in [-0.15, -0.1) is 0 Å². The molecular formula is C14H11BrO. The van der Waals surface area contributed by atoms with E-state index in [2.05, 4.69) is 46.3 Å². The molecule has 2 aromatic rings. The van der Waals surface area contributed by atoms with E-state index >= 15 is 0 Å². The SMILES string of the molecule is OCC1c2ccccc2-c2ccc(Br)cc21. The molecule has 3 rings (SSSR count). The van der Waals surface area contributed by atoms with Crippen LogP contribution in [-0.2, 0) is 0 Å². The molecule has 0 bridgehead atoms. The molecule has 1 aliphatic carbocycles. The average Bonchev–Trinajstić information content (AvgIpc) is 2.61. The fourth-order valence-electron chi connectivity index (χ4n) is 2.48. The van der Waals surface area contributed by atoms with Crippen LogP contribution in [0.3, 0.4) is 0 Å². The Morgan fingerprint density at radius 1 is 1.00 bits per heavy atom. The number of aliphatic hydroxyl groups is 1. The molecule has 16 heavy (non-hydrogen) atoms. The van der Waals surface area contributed by atoms with Crippen molar-refractivity contribution in [2.24, 2.45) is 0 Å². The minimum atomic E-state index is 0.128. The molecule has 1 atom stereocenters. The normalized spacial score (nSPS) is 17.0. The lowest BCUT2D eigenvalue weighted by Crippen LogP contribution is -2.01. The van der Waals surface area contributed by atoms with Crippen molar-refractivity contribution in [1.82, 2.24) is 0 Å². The molecule has 1 N–H and O–H groups in total. The van der Waals surface area contributed by atoms with Gasteiger partial charge in [0.2, 0.25) is 0 Å². The zero-order valence-electron chi connectivity index (χ0n) is 8.65. The molecule has 80 valence electrons. The third-order valence-corrected chi connectivity index (χ3v) is 3.69. The van der Waals surface area contributed by atoms with Gasteiger partial charge in [-0.2, -0.15) is 0 Å². The molecule has 0 fully saturated rings. The Hall–Kier alpha value is -1.12. The van der Waals surface area contributed by atoms with Gasteiger partial charge in [0.05, 0.1) is 6.61 Å². The van der Waals surface area contributed by atoms with Crippen LogP contribution < -0.4 is 0 Å². The van der Waals surface area contributed by atoms with Crippen LogP contribution in [0.2, 0.25) is 0 Å². The first kappa shape index (κ1) is 10.1. The summed E-state index contributed by atoms with van der Waals surface area (Å²) in [4.78, 5) is 0. The molecule has 0 radical (unpaired) electrons. The summed E-state index contributed by atoms with van der Waals surface area (Å²) in [5.74, 6) is 0.128. The van der Waals surface area contributed by atoms with E-state index in [-0.39, 0.29) is 12.5 Å². The topological polar surface area (TPSA) is 20.2 Å². The summed E-state index contributed by atoms with van der Waals surface area (Å²) in [5, 5.41) is 9.54. The zero-order chi connectivity index (χ0) is 11.1. The number of rotatable bonds is 1. The summed E-state index contributed by atoms with van der Waals surface area (Å²) in [7, 11) is 0. The third-order valence-electron chi connectivity index (χ3n) is 3.20. The lowest BCUT2D eigenvalue weighted by molar-refractivity contribution is 0.282. The van der Waals surface area contributed by atoms with Gasteiger partial charge in [-0.3, -0.25) is 0 Å². The number of halogens is 1. The first-order valence-electron chi connectivity index (χ1n) is 5.31. The largest absolute Gasteiger partial charge is 0.395 e. The van der Waals surface area contributed by atoms with Crippen molar-refractivity contribution in [3.05, 3.63) is 58.1 Å². The molecule has 0 heterocycles. The second-order valence-corrected chi connectivity index (χ2v) is 4.97. The van der Waals surface area contributed by atoms with E-state index in [1.165, 1.54) is 22.3 Å². The van der Waals surface area contributed by atoms with Crippen LogP contribution in [0.25, 0.3) is 11.1 Å². The molecular weight excluding hydrogens is 264 g/mol. The Bertz CT molecular complexity index is 548. The molecule has 0 amide bonds. The van der Waals surface area contributed by atoms with Crippen molar-refractivity contribution < 1.29 is 5.11 Å². The van der Waals surface area contributed by atoms with E-state index in [9.17, 15) is 5.11 Å². The highest BCUT2D eigenvalue weighted by Gasteiger charge is 2.27. The lowest BCUT2D eigenvalue weighted by Gasteiger charge is -2.09. The van der Waals surface area contributed by atoms with Gasteiger partial charge in [0.15, 0.2) is 0 Å². The Balaban J connectivity index is 2.29. The zero-order valence-corrected chi connectivity index (χ0v) is 10.2. The lowest BCUT2D eigenvalue weighted by atomic mass is 9.98. The minimum absolute atomic E-state index is 0.128. The Morgan fingerprint density at radius 2 is 1.75 bits per heavy atom. The first-order chi connectivity index (χ1) is 7.81. The Kier molecular flexibility index (Phi) is 2.34. The minimum Gasteiger partial charge on any atom is -0.395 e. The maximum absolute atomic E-state index is 9.54.